The molecule has 1 N–H and O–H groups in total. The van der Waals surface area contributed by atoms with Crippen molar-refractivity contribution in [2.45, 2.75) is 19.3 Å². The number of carbonyl (C=O) groups is 1. The number of fused-ring (bicyclic) bond motifs is 1. The van der Waals surface area contributed by atoms with E-state index in [2.05, 4.69) is 11.4 Å². The van der Waals surface area contributed by atoms with Gasteiger partial charge in [-0.1, -0.05) is 0 Å². The first-order valence-electron chi connectivity index (χ1n) is 4.21. The first-order chi connectivity index (χ1) is 5.79. The fourth-order valence-electron chi connectivity index (χ4n) is 1.77. The quantitative estimate of drug-likeness (QED) is 0.555. The van der Waals surface area contributed by atoms with Gasteiger partial charge in [0, 0.05) is 0 Å². The third kappa shape index (κ3) is 1.16. The molecule has 1 aliphatic heterocycles. The average molecular weight is 183 g/mol. The Bertz CT molecular complexity index is 272. The average Bonchev–Trinajstić information content (AvgIpc) is 2.12. The largest absolute Gasteiger partial charge is 0.299 e. The Morgan fingerprint density at radius 1 is 1.67 bits per heavy atom. The molecule has 1 aliphatic carbocycles. The minimum absolute atomic E-state index is 0.0324. The molecule has 0 radical (unpaired) electrons. The molecule has 0 saturated carbocycles. The molecule has 0 aromatic carbocycles. The van der Waals surface area contributed by atoms with Gasteiger partial charge in [0.25, 0.3) is 12.4 Å². The van der Waals surface area contributed by atoms with Crippen molar-refractivity contribution in [3.63, 3.8) is 0 Å². The Morgan fingerprint density at radius 2 is 2.50 bits per heavy atom. The van der Waals surface area contributed by atoms with Crippen LogP contribution in [0.3, 0.4) is 0 Å². The second-order valence-electron chi connectivity index (χ2n) is 3.19. The van der Waals surface area contributed by atoms with Gasteiger partial charge in [-0.2, -0.15) is 0 Å². The Labute approximate surface area is 76.6 Å². The van der Waals surface area contributed by atoms with Crippen molar-refractivity contribution >= 4 is 18.3 Å². The van der Waals surface area contributed by atoms with Crippen molar-refractivity contribution in [3.05, 3.63) is 11.8 Å². The maximum absolute atomic E-state index is 11.3. The summed E-state index contributed by atoms with van der Waals surface area (Å²) < 4.78 is 1.71. The van der Waals surface area contributed by atoms with Crippen LogP contribution in [0, 0.1) is 5.92 Å². The van der Waals surface area contributed by atoms with Crippen LogP contribution in [0.5, 0.6) is 0 Å². The van der Waals surface area contributed by atoms with E-state index < -0.39 is 0 Å². The van der Waals surface area contributed by atoms with Crippen LogP contribution in [-0.4, -0.2) is 16.5 Å². The number of hydrogen-bond acceptors (Lipinski definition) is 2. The molecule has 1 fully saturated rings. The molecule has 64 valence electrons. The van der Waals surface area contributed by atoms with Crippen LogP contribution in [0.1, 0.15) is 19.3 Å². The third-order valence-electron chi connectivity index (χ3n) is 2.41. The van der Waals surface area contributed by atoms with Crippen LogP contribution in [0.15, 0.2) is 11.8 Å². The van der Waals surface area contributed by atoms with Crippen LogP contribution in [0.4, 0.5) is 0 Å². The zero-order chi connectivity index (χ0) is 8.55. The van der Waals surface area contributed by atoms with E-state index in [0.29, 0.717) is 6.67 Å². The van der Waals surface area contributed by atoms with Crippen molar-refractivity contribution in [2.75, 3.05) is 6.67 Å². The number of rotatable bonds is 0. The number of amides is 1. The SMILES string of the molecule is O=C1NC[N+](=S)C2=CCCCC12. The minimum atomic E-state index is 0.0324. The van der Waals surface area contributed by atoms with Crippen LogP contribution in [-0.2, 0) is 17.2 Å². The normalized spacial score (nSPS) is 29.0. The molecule has 0 bridgehead atoms. The highest BCUT2D eigenvalue weighted by atomic mass is 32.1. The molecule has 1 heterocycles. The highest BCUT2D eigenvalue weighted by molar-refractivity contribution is 7.44. The topological polar surface area (TPSA) is 32.1 Å². The van der Waals surface area contributed by atoms with Crippen molar-refractivity contribution in [1.29, 1.82) is 0 Å². The summed E-state index contributed by atoms with van der Waals surface area (Å²) in [4.78, 5) is 11.3. The van der Waals surface area contributed by atoms with Crippen molar-refractivity contribution in [3.8, 4) is 0 Å². The molecule has 1 amide bonds. The van der Waals surface area contributed by atoms with E-state index in [9.17, 15) is 4.79 Å². The molecule has 12 heavy (non-hydrogen) atoms. The van der Waals surface area contributed by atoms with Gasteiger partial charge in [0.15, 0.2) is 0 Å². The van der Waals surface area contributed by atoms with Gasteiger partial charge < -0.3 is 0 Å². The van der Waals surface area contributed by atoms with Gasteiger partial charge in [-0.25, -0.2) is 0 Å². The standard InChI is InChI=1S/C8H10N2OS/c11-8-6-3-1-2-4-7(6)10(12)5-9-8/h4,6H,1-3,5H2/p+1. The van der Waals surface area contributed by atoms with Crippen molar-refractivity contribution < 1.29 is 8.74 Å². The predicted octanol–water partition coefficient (Wildman–Crippen LogP) is 0.501. The van der Waals surface area contributed by atoms with Gasteiger partial charge in [-0.3, -0.25) is 10.1 Å². The molecular formula is C8H11N2OS+. The molecule has 0 spiro atoms. The van der Waals surface area contributed by atoms with Crippen molar-refractivity contribution in [1.82, 2.24) is 5.32 Å². The maximum Gasteiger partial charge on any atom is 0.271 e. The monoisotopic (exact) mass is 183 g/mol. The Kier molecular flexibility index (Phi) is 1.92. The van der Waals surface area contributed by atoms with E-state index in [-0.39, 0.29) is 11.8 Å². The van der Waals surface area contributed by atoms with E-state index in [1.165, 1.54) is 0 Å². The summed E-state index contributed by atoms with van der Waals surface area (Å²) in [5, 5.41) is 2.77. The smallest absolute Gasteiger partial charge is 0.271 e. The Hall–Kier alpha value is -0.770. The summed E-state index contributed by atoms with van der Waals surface area (Å²) in [6.45, 7) is 0.483. The van der Waals surface area contributed by atoms with E-state index in [1.807, 2.05) is 0 Å². The molecule has 2 rings (SSSR count). The van der Waals surface area contributed by atoms with Gasteiger partial charge >= 0.3 is 0 Å². The molecular weight excluding hydrogens is 172 g/mol. The van der Waals surface area contributed by atoms with Crippen LogP contribution >= 0.6 is 0 Å². The number of allylic oxidation sites excluding steroid dienone is 1. The first kappa shape index (κ1) is 7.86. The lowest BCUT2D eigenvalue weighted by Crippen LogP contribution is -2.45. The van der Waals surface area contributed by atoms with Crippen molar-refractivity contribution in [2.24, 2.45) is 5.92 Å². The van der Waals surface area contributed by atoms with E-state index in [1.54, 1.807) is 3.95 Å². The molecule has 3 nitrogen and oxygen atoms in total. The molecule has 0 aromatic rings. The molecule has 4 heteroatoms. The first-order valence-corrected chi connectivity index (χ1v) is 4.58. The minimum Gasteiger partial charge on any atom is -0.299 e. The Balaban J connectivity index is 2.31. The highest BCUT2D eigenvalue weighted by Crippen LogP contribution is 2.27. The van der Waals surface area contributed by atoms with Gasteiger partial charge in [0.05, 0.1) is 0 Å². The third-order valence-corrected chi connectivity index (χ3v) is 2.75. The maximum atomic E-state index is 11.3. The zero-order valence-corrected chi connectivity index (χ0v) is 7.56. The predicted molar refractivity (Wildman–Crippen MR) is 46.1 cm³/mol. The van der Waals surface area contributed by atoms with Crippen LogP contribution in [0.2, 0.25) is 0 Å². The second kappa shape index (κ2) is 2.94. The fraction of sp³-hybridized carbons (Fsp3) is 0.625. The van der Waals surface area contributed by atoms with Crippen LogP contribution in [0.25, 0.3) is 0 Å². The van der Waals surface area contributed by atoms with Gasteiger partial charge in [-0.05, 0) is 25.3 Å². The summed E-state index contributed by atoms with van der Waals surface area (Å²) >= 11 is 5.09. The number of nitrogens with zero attached hydrogens (tertiary/aromatic N) is 1. The summed E-state index contributed by atoms with van der Waals surface area (Å²) in [5.41, 5.74) is 1.04. The van der Waals surface area contributed by atoms with Gasteiger partial charge in [0.2, 0.25) is 18.3 Å². The van der Waals surface area contributed by atoms with Gasteiger partial charge in [0.1, 0.15) is 5.92 Å². The number of carbonyl (C=O) groups excluding carboxylic acids is 1. The molecule has 1 saturated heterocycles. The van der Waals surface area contributed by atoms with E-state index in [0.717, 1.165) is 25.0 Å². The molecule has 1 unspecified atom stereocenters. The molecule has 2 aliphatic rings. The van der Waals surface area contributed by atoms with E-state index in [4.69, 9.17) is 12.4 Å². The fourth-order valence-corrected chi connectivity index (χ4v) is 2.03. The summed E-state index contributed by atoms with van der Waals surface area (Å²) in [5.74, 6) is 0.173. The number of nitrogens with one attached hydrogen (secondary N) is 1. The second-order valence-corrected chi connectivity index (χ2v) is 3.63. The van der Waals surface area contributed by atoms with Gasteiger partial charge in [-0.15, -0.1) is 3.95 Å². The Morgan fingerprint density at radius 3 is 3.25 bits per heavy atom. The lowest BCUT2D eigenvalue weighted by Gasteiger charge is -2.22. The van der Waals surface area contributed by atoms with Crippen LogP contribution < -0.4 is 5.32 Å². The molecule has 0 aromatic heterocycles. The highest BCUT2D eigenvalue weighted by Gasteiger charge is 2.37. The number of hydrogen-bond donors (Lipinski definition) is 1. The lowest BCUT2D eigenvalue weighted by molar-refractivity contribution is -0.464. The molecule has 1 atom stereocenters. The summed E-state index contributed by atoms with van der Waals surface area (Å²) in [6.07, 6.45) is 5.21. The zero-order valence-electron chi connectivity index (χ0n) is 6.75. The van der Waals surface area contributed by atoms with E-state index >= 15 is 0 Å². The summed E-state index contributed by atoms with van der Waals surface area (Å²) in [7, 11) is 0. The lowest BCUT2D eigenvalue weighted by atomic mass is 9.90. The summed E-state index contributed by atoms with van der Waals surface area (Å²) in [6, 6.07) is 0.